The van der Waals surface area contributed by atoms with Crippen molar-refractivity contribution in [3.05, 3.63) is 56.6 Å². The molecule has 0 heterocycles. The van der Waals surface area contributed by atoms with E-state index in [1.807, 2.05) is 0 Å². The molecule has 0 bridgehead atoms. The van der Waals surface area contributed by atoms with Crippen LogP contribution in [-0.2, 0) is 14.8 Å². The highest BCUT2D eigenvalue weighted by molar-refractivity contribution is 7.93. The van der Waals surface area contributed by atoms with Crippen LogP contribution >= 0.6 is 23.2 Å². The number of ether oxygens (including phenoxy) is 1. The van der Waals surface area contributed by atoms with E-state index < -0.39 is 38.0 Å². The van der Waals surface area contributed by atoms with Gasteiger partial charge in [0.1, 0.15) is 22.9 Å². The van der Waals surface area contributed by atoms with Crippen molar-refractivity contribution in [3.8, 4) is 5.75 Å². The highest BCUT2D eigenvalue weighted by Crippen LogP contribution is 2.37. The van der Waals surface area contributed by atoms with E-state index in [2.05, 4.69) is 0 Å². The van der Waals surface area contributed by atoms with Gasteiger partial charge in [0.15, 0.2) is 0 Å². The molecule has 0 unspecified atom stereocenters. The van der Waals surface area contributed by atoms with Gasteiger partial charge in [0.05, 0.1) is 17.1 Å². The second kappa shape index (κ2) is 7.99. The third-order valence-electron chi connectivity index (χ3n) is 3.40. The molecule has 2 N–H and O–H groups in total. The van der Waals surface area contributed by atoms with Crippen LogP contribution in [0.25, 0.3) is 0 Å². The zero-order chi connectivity index (χ0) is 20.4. The number of halogens is 2. The highest BCUT2D eigenvalue weighted by atomic mass is 35.5. The maximum absolute atomic E-state index is 13.1. The monoisotopic (exact) mass is 433 g/mol. The van der Waals surface area contributed by atoms with Crippen molar-refractivity contribution in [3.63, 3.8) is 0 Å². The van der Waals surface area contributed by atoms with Gasteiger partial charge < -0.3 is 10.5 Å². The molecular formula is C15H13Cl2N3O6S. The Balaban J connectivity index is 2.76. The normalized spacial score (nSPS) is 11.1. The Morgan fingerprint density at radius 2 is 1.93 bits per heavy atom. The van der Waals surface area contributed by atoms with Crippen LogP contribution in [0.2, 0.25) is 10.0 Å². The zero-order valence-electron chi connectivity index (χ0n) is 13.8. The van der Waals surface area contributed by atoms with Crippen LogP contribution in [-0.4, -0.2) is 32.9 Å². The molecular weight excluding hydrogens is 421 g/mol. The zero-order valence-corrected chi connectivity index (χ0v) is 16.1. The number of amides is 1. The van der Waals surface area contributed by atoms with Crippen molar-refractivity contribution < 1.29 is 22.9 Å². The van der Waals surface area contributed by atoms with Crippen LogP contribution in [0.4, 0.5) is 11.4 Å². The molecule has 0 saturated heterocycles. The van der Waals surface area contributed by atoms with E-state index in [9.17, 15) is 23.3 Å². The highest BCUT2D eigenvalue weighted by Gasteiger charge is 2.32. The van der Waals surface area contributed by atoms with Gasteiger partial charge in [-0.3, -0.25) is 19.2 Å². The molecule has 9 nitrogen and oxygen atoms in total. The minimum absolute atomic E-state index is 0.0245. The van der Waals surface area contributed by atoms with E-state index in [0.29, 0.717) is 4.31 Å². The molecule has 0 aliphatic heterocycles. The first kappa shape index (κ1) is 20.7. The molecule has 0 saturated carbocycles. The van der Waals surface area contributed by atoms with Crippen molar-refractivity contribution in [1.29, 1.82) is 0 Å². The summed E-state index contributed by atoms with van der Waals surface area (Å²) in [7, 11) is -3.22. The van der Waals surface area contributed by atoms with Gasteiger partial charge in [-0.1, -0.05) is 23.2 Å². The fourth-order valence-corrected chi connectivity index (χ4v) is 4.40. The van der Waals surface area contributed by atoms with E-state index in [0.717, 1.165) is 18.2 Å². The van der Waals surface area contributed by atoms with E-state index >= 15 is 0 Å². The van der Waals surface area contributed by atoms with E-state index in [1.54, 1.807) is 0 Å². The van der Waals surface area contributed by atoms with Crippen molar-refractivity contribution in [2.75, 3.05) is 18.0 Å². The predicted octanol–water partition coefficient (Wildman–Crippen LogP) is 2.59. The molecule has 2 rings (SSSR count). The Morgan fingerprint density at radius 1 is 1.26 bits per heavy atom. The minimum atomic E-state index is -4.46. The number of carbonyl (C=O) groups is 1. The topological polar surface area (TPSA) is 133 Å². The quantitative estimate of drug-likeness (QED) is 0.526. The molecule has 1 amide bonds. The number of methoxy groups -OCH3 is 1. The second-order valence-electron chi connectivity index (χ2n) is 5.17. The van der Waals surface area contributed by atoms with Gasteiger partial charge in [0.2, 0.25) is 5.91 Å². The molecule has 12 heteroatoms. The van der Waals surface area contributed by atoms with Crippen LogP contribution in [0.15, 0.2) is 41.3 Å². The lowest BCUT2D eigenvalue weighted by Gasteiger charge is -2.25. The van der Waals surface area contributed by atoms with Gasteiger partial charge in [-0.15, -0.1) is 0 Å². The standard InChI is InChI=1S/C15H13Cl2N3O6S/c1-26-13-5-3-10(20(22)23)7-12(13)19(8-15(18)21)27(24,25)14-6-9(16)2-4-11(14)17/h2-7H,8H2,1H3,(H2,18,21). The maximum Gasteiger partial charge on any atom is 0.271 e. The number of carbonyl (C=O) groups excluding carboxylic acids is 1. The fourth-order valence-electron chi connectivity index (χ4n) is 2.22. The number of nitrogens with two attached hydrogens (primary N) is 1. The lowest BCUT2D eigenvalue weighted by Crippen LogP contribution is -2.39. The van der Waals surface area contributed by atoms with Gasteiger partial charge in [-0.05, 0) is 24.3 Å². The van der Waals surface area contributed by atoms with Crippen molar-refractivity contribution in [2.45, 2.75) is 4.90 Å². The number of hydrogen-bond donors (Lipinski definition) is 1. The molecule has 0 aromatic heterocycles. The number of rotatable bonds is 7. The van der Waals surface area contributed by atoms with Gasteiger partial charge in [0, 0.05) is 17.2 Å². The number of benzene rings is 2. The van der Waals surface area contributed by atoms with Crippen LogP contribution in [0, 0.1) is 10.1 Å². The van der Waals surface area contributed by atoms with Crippen molar-refractivity contribution >= 4 is 50.5 Å². The van der Waals surface area contributed by atoms with E-state index in [4.69, 9.17) is 33.7 Å². The van der Waals surface area contributed by atoms with Crippen molar-refractivity contribution in [1.82, 2.24) is 0 Å². The Bertz CT molecular complexity index is 1010. The molecule has 2 aromatic carbocycles. The number of hydrogen-bond acceptors (Lipinski definition) is 6. The largest absolute Gasteiger partial charge is 0.495 e. The Hall–Kier alpha value is -2.56. The average Bonchev–Trinajstić information content (AvgIpc) is 2.60. The molecule has 0 spiro atoms. The van der Waals surface area contributed by atoms with Crippen molar-refractivity contribution in [2.24, 2.45) is 5.73 Å². The van der Waals surface area contributed by atoms with Gasteiger partial charge >= 0.3 is 0 Å². The first-order valence-corrected chi connectivity index (χ1v) is 9.36. The number of anilines is 1. The lowest BCUT2D eigenvalue weighted by atomic mass is 10.2. The Kier molecular flexibility index (Phi) is 6.14. The fraction of sp³-hybridized carbons (Fsp3) is 0.133. The lowest BCUT2D eigenvalue weighted by molar-refractivity contribution is -0.384. The summed E-state index contributed by atoms with van der Waals surface area (Å²) in [6, 6.07) is 7.04. The summed E-state index contributed by atoms with van der Waals surface area (Å²) < 4.78 is 32.0. The average molecular weight is 434 g/mol. The van der Waals surface area contributed by atoms with Gasteiger partial charge in [0.25, 0.3) is 15.7 Å². The first-order chi connectivity index (χ1) is 12.6. The Morgan fingerprint density at radius 3 is 2.48 bits per heavy atom. The third-order valence-corrected chi connectivity index (χ3v) is 5.88. The summed E-state index contributed by atoms with van der Waals surface area (Å²) in [5, 5.41) is 11.0. The second-order valence-corrected chi connectivity index (χ2v) is 7.84. The van der Waals surface area contributed by atoms with Crippen LogP contribution < -0.4 is 14.8 Å². The molecule has 0 aliphatic rings. The third kappa shape index (κ3) is 4.41. The van der Waals surface area contributed by atoms with Gasteiger partial charge in [-0.2, -0.15) is 0 Å². The summed E-state index contributed by atoms with van der Waals surface area (Å²) >= 11 is 11.8. The number of primary amides is 1. The number of nitrogens with zero attached hydrogens (tertiary/aromatic N) is 2. The molecule has 0 fully saturated rings. The summed E-state index contributed by atoms with van der Waals surface area (Å²) in [5.41, 5.74) is 4.53. The number of nitro groups is 1. The smallest absolute Gasteiger partial charge is 0.271 e. The van der Waals surface area contributed by atoms with E-state index in [-0.39, 0.29) is 21.5 Å². The SMILES string of the molecule is COc1ccc([N+](=O)[O-])cc1N(CC(N)=O)S(=O)(=O)c1cc(Cl)ccc1Cl. The van der Waals surface area contributed by atoms with Crippen LogP contribution in [0.5, 0.6) is 5.75 Å². The summed E-state index contributed by atoms with van der Waals surface area (Å²) in [6.45, 7) is -0.803. The summed E-state index contributed by atoms with van der Waals surface area (Å²) in [4.78, 5) is 21.5. The van der Waals surface area contributed by atoms with Crippen LogP contribution in [0.3, 0.4) is 0 Å². The predicted molar refractivity (Wildman–Crippen MR) is 99.8 cm³/mol. The summed E-state index contributed by atoms with van der Waals surface area (Å²) in [6.07, 6.45) is 0. The van der Waals surface area contributed by atoms with Crippen LogP contribution in [0.1, 0.15) is 0 Å². The number of sulfonamides is 1. The van der Waals surface area contributed by atoms with E-state index in [1.165, 1.54) is 25.3 Å². The molecule has 0 atom stereocenters. The first-order valence-electron chi connectivity index (χ1n) is 7.16. The maximum atomic E-state index is 13.1. The Labute approximate surface area is 164 Å². The molecule has 2 aromatic rings. The molecule has 0 radical (unpaired) electrons. The number of nitro benzene ring substituents is 1. The molecule has 144 valence electrons. The molecule has 0 aliphatic carbocycles. The summed E-state index contributed by atoms with van der Waals surface area (Å²) in [5.74, 6) is -1.02. The number of non-ortho nitro benzene ring substituents is 1. The molecule has 27 heavy (non-hydrogen) atoms. The van der Waals surface area contributed by atoms with Gasteiger partial charge in [-0.25, -0.2) is 8.42 Å². The minimum Gasteiger partial charge on any atom is -0.495 e.